The van der Waals surface area contributed by atoms with Crippen molar-refractivity contribution in [3.63, 3.8) is 0 Å². The second-order valence-corrected chi connectivity index (χ2v) is 5.98. The maximum absolute atomic E-state index is 13.9. The minimum atomic E-state index is -0.924. The monoisotopic (exact) mass is 373 g/mol. The Hall–Kier alpha value is -3.80. The van der Waals surface area contributed by atoms with Gasteiger partial charge in [-0.15, -0.1) is 0 Å². The molecular weight excluding hydrogens is 360 g/mol. The fourth-order valence-corrected chi connectivity index (χ4v) is 2.75. The number of halogens is 2. The molecule has 1 aromatic carbocycles. The summed E-state index contributed by atoms with van der Waals surface area (Å²) in [7, 11) is 0. The molecule has 0 aliphatic carbocycles. The highest BCUT2D eigenvalue weighted by atomic mass is 19.1. The van der Waals surface area contributed by atoms with E-state index in [0.29, 0.717) is 28.8 Å². The van der Waals surface area contributed by atoms with E-state index >= 15 is 0 Å². The van der Waals surface area contributed by atoms with Crippen LogP contribution in [0.4, 0.5) is 8.78 Å². The molecule has 0 N–H and O–H groups in total. The molecule has 0 aliphatic heterocycles. The van der Waals surface area contributed by atoms with Gasteiger partial charge in [0.15, 0.2) is 0 Å². The first-order valence-electron chi connectivity index (χ1n) is 8.47. The van der Waals surface area contributed by atoms with Crippen molar-refractivity contribution in [2.24, 2.45) is 0 Å². The van der Waals surface area contributed by atoms with E-state index in [1.54, 1.807) is 24.4 Å². The summed E-state index contributed by atoms with van der Waals surface area (Å²) in [4.78, 5) is 25.8. The molecule has 3 aromatic heterocycles. The fourth-order valence-electron chi connectivity index (χ4n) is 2.75. The molecular formula is C22H13F2N3O. The third kappa shape index (κ3) is 3.53. The van der Waals surface area contributed by atoms with Crippen molar-refractivity contribution in [3.05, 3.63) is 102 Å². The van der Waals surface area contributed by atoms with Gasteiger partial charge in [-0.25, -0.2) is 18.7 Å². The van der Waals surface area contributed by atoms with Crippen molar-refractivity contribution < 1.29 is 13.6 Å². The van der Waals surface area contributed by atoms with Gasteiger partial charge in [0.25, 0.3) is 0 Å². The van der Waals surface area contributed by atoms with E-state index in [0.717, 1.165) is 12.1 Å². The number of carbonyl (C=O) groups excluding carboxylic acids is 1. The van der Waals surface area contributed by atoms with Crippen LogP contribution in [0.3, 0.4) is 0 Å². The van der Waals surface area contributed by atoms with Gasteiger partial charge < -0.3 is 0 Å². The number of hydrogen-bond acceptors (Lipinski definition) is 4. The first-order valence-corrected chi connectivity index (χ1v) is 8.47. The summed E-state index contributed by atoms with van der Waals surface area (Å²) in [5.41, 5.74) is 2.21. The molecule has 0 aliphatic rings. The molecule has 0 amide bonds. The zero-order valence-electron chi connectivity index (χ0n) is 14.5. The van der Waals surface area contributed by atoms with Crippen LogP contribution in [-0.2, 0) is 0 Å². The van der Waals surface area contributed by atoms with Crippen molar-refractivity contribution in [2.75, 3.05) is 0 Å². The average Bonchev–Trinajstić information content (AvgIpc) is 2.74. The lowest BCUT2D eigenvalue weighted by Gasteiger charge is -2.06. The lowest BCUT2D eigenvalue weighted by molar-refractivity contribution is 0.103. The quantitative estimate of drug-likeness (QED) is 0.486. The molecule has 4 rings (SSSR count). The Morgan fingerprint density at radius 2 is 1.39 bits per heavy atom. The van der Waals surface area contributed by atoms with Crippen LogP contribution in [0.5, 0.6) is 0 Å². The number of rotatable bonds is 4. The van der Waals surface area contributed by atoms with Crippen LogP contribution in [0.2, 0.25) is 0 Å². The second-order valence-electron chi connectivity index (χ2n) is 5.98. The SMILES string of the molecule is O=C(c1cccc(-c2cccc(-c3ccccn3)n2)n1)c1ccc(F)cc1F. The first-order chi connectivity index (χ1) is 13.6. The molecule has 0 radical (unpaired) electrons. The van der Waals surface area contributed by atoms with E-state index in [2.05, 4.69) is 15.0 Å². The first kappa shape index (κ1) is 17.6. The van der Waals surface area contributed by atoms with Gasteiger partial charge in [-0.2, -0.15) is 0 Å². The number of carbonyl (C=O) groups is 1. The van der Waals surface area contributed by atoms with Crippen molar-refractivity contribution in [1.29, 1.82) is 0 Å². The van der Waals surface area contributed by atoms with E-state index in [1.807, 2.05) is 30.3 Å². The van der Waals surface area contributed by atoms with Crippen LogP contribution in [0.25, 0.3) is 22.8 Å². The lowest BCUT2D eigenvalue weighted by Crippen LogP contribution is -2.07. The number of aromatic nitrogens is 3. The van der Waals surface area contributed by atoms with E-state index < -0.39 is 17.4 Å². The van der Waals surface area contributed by atoms with Gasteiger partial charge in [-0.1, -0.05) is 18.2 Å². The molecule has 6 heteroatoms. The molecule has 4 nitrogen and oxygen atoms in total. The average molecular weight is 373 g/mol. The molecule has 0 atom stereocenters. The summed E-state index contributed by atoms with van der Waals surface area (Å²) in [6, 6.07) is 18.6. The summed E-state index contributed by atoms with van der Waals surface area (Å²) < 4.78 is 27.0. The minimum Gasteiger partial charge on any atom is -0.287 e. The number of hydrogen-bond donors (Lipinski definition) is 0. The molecule has 136 valence electrons. The maximum atomic E-state index is 13.9. The van der Waals surface area contributed by atoms with Crippen LogP contribution in [-0.4, -0.2) is 20.7 Å². The predicted molar refractivity (Wildman–Crippen MR) is 100 cm³/mol. The van der Waals surface area contributed by atoms with Crippen LogP contribution in [0.1, 0.15) is 16.1 Å². The van der Waals surface area contributed by atoms with Gasteiger partial charge in [0, 0.05) is 12.3 Å². The Labute approximate surface area is 159 Å². The third-order valence-electron chi connectivity index (χ3n) is 4.10. The summed E-state index contributed by atoms with van der Waals surface area (Å²) in [5, 5.41) is 0. The largest absolute Gasteiger partial charge is 0.287 e. The Morgan fingerprint density at radius 3 is 2.11 bits per heavy atom. The Kier molecular flexibility index (Phi) is 4.68. The number of pyridine rings is 3. The number of ketones is 1. The highest BCUT2D eigenvalue weighted by Crippen LogP contribution is 2.21. The molecule has 0 unspecified atom stereocenters. The van der Waals surface area contributed by atoms with E-state index in [9.17, 15) is 13.6 Å². The maximum Gasteiger partial charge on any atom is 0.214 e. The van der Waals surface area contributed by atoms with Gasteiger partial charge in [0.05, 0.1) is 28.3 Å². The Balaban J connectivity index is 1.71. The van der Waals surface area contributed by atoms with Gasteiger partial charge in [0.2, 0.25) is 5.78 Å². The highest BCUT2D eigenvalue weighted by Gasteiger charge is 2.17. The molecule has 4 aromatic rings. The third-order valence-corrected chi connectivity index (χ3v) is 4.10. The van der Waals surface area contributed by atoms with Gasteiger partial charge in [0.1, 0.15) is 17.3 Å². The van der Waals surface area contributed by atoms with Crippen molar-refractivity contribution in [1.82, 2.24) is 15.0 Å². The topological polar surface area (TPSA) is 55.7 Å². The molecule has 0 spiro atoms. The minimum absolute atomic E-state index is 0.0491. The van der Waals surface area contributed by atoms with E-state index in [4.69, 9.17) is 0 Å². The van der Waals surface area contributed by atoms with Gasteiger partial charge in [-0.3, -0.25) is 9.78 Å². The van der Waals surface area contributed by atoms with Crippen LogP contribution in [0.15, 0.2) is 79.0 Å². The number of nitrogens with zero attached hydrogens (tertiary/aromatic N) is 3. The molecule has 28 heavy (non-hydrogen) atoms. The van der Waals surface area contributed by atoms with Gasteiger partial charge >= 0.3 is 0 Å². The summed E-state index contributed by atoms with van der Waals surface area (Å²) in [6.07, 6.45) is 1.68. The molecule has 0 saturated heterocycles. The van der Waals surface area contributed by atoms with Gasteiger partial charge in [-0.05, 0) is 48.5 Å². The fraction of sp³-hybridized carbons (Fsp3) is 0. The molecule has 3 heterocycles. The van der Waals surface area contributed by atoms with E-state index in [-0.39, 0.29) is 11.3 Å². The zero-order valence-corrected chi connectivity index (χ0v) is 14.5. The molecule has 0 saturated carbocycles. The van der Waals surface area contributed by atoms with Crippen LogP contribution in [0, 0.1) is 11.6 Å². The van der Waals surface area contributed by atoms with E-state index in [1.165, 1.54) is 6.07 Å². The highest BCUT2D eigenvalue weighted by molar-refractivity contribution is 6.08. The lowest BCUT2D eigenvalue weighted by atomic mass is 10.1. The number of benzene rings is 1. The van der Waals surface area contributed by atoms with Crippen LogP contribution >= 0.6 is 0 Å². The normalized spacial score (nSPS) is 10.6. The zero-order chi connectivity index (χ0) is 19.5. The van der Waals surface area contributed by atoms with Crippen LogP contribution < -0.4 is 0 Å². The summed E-state index contributed by atoms with van der Waals surface area (Å²) in [6.45, 7) is 0. The smallest absolute Gasteiger partial charge is 0.214 e. The predicted octanol–water partition coefficient (Wildman–Crippen LogP) is 4.71. The van der Waals surface area contributed by atoms with Crippen molar-refractivity contribution in [3.8, 4) is 22.8 Å². The van der Waals surface area contributed by atoms with Crippen molar-refractivity contribution >= 4 is 5.78 Å². The summed E-state index contributed by atoms with van der Waals surface area (Å²) in [5.74, 6) is -2.29. The molecule has 0 fully saturated rings. The summed E-state index contributed by atoms with van der Waals surface area (Å²) >= 11 is 0. The molecule has 0 bridgehead atoms. The Morgan fingerprint density at radius 1 is 0.714 bits per heavy atom. The van der Waals surface area contributed by atoms with Crippen molar-refractivity contribution in [2.45, 2.75) is 0 Å². The standard InChI is InChI=1S/C22H13F2N3O/c23-14-10-11-15(16(24)13-14)22(28)21-9-4-8-20(27-21)19-7-3-6-18(26-19)17-5-1-2-12-25-17/h1-13H. The second kappa shape index (κ2) is 7.44. The Bertz CT molecular complexity index is 1160.